The molecule has 2 aliphatic heterocycles. The molecule has 0 N–H and O–H groups in total. The first-order valence-electron chi connectivity index (χ1n) is 13.5. The number of anilines is 1. The second-order valence-corrected chi connectivity index (χ2v) is 10.9. The molecule has 192 valence electrons. The number of piperidine rings is 1. The van der Waals surface area contributed by atoms with Crippen LogP contribution in [0.4, 0.5) is 5.82 Å². The maximum absolute atomic E-state index is 5.67. The quantitative estimate of drug-likeness (QED) is 0.314. The molecule has 4 atom stereocenters. The van der Waals surface area contributed by atoms with Crippen molar-refractivity contribution >= 4 is 27.6 Å². The first-order valence-corrected chi connectivity index (χ1v) is 13.5. The van der Waals surface area contributed by atoms with Crippen LogP contribution in [0.1, 0.15) is 12.5 Å². The molecule has 0 spiro atoms. The number of nitrogens with zero attached hydrogens (tertiary/aromatic N) is 6. The van der Waals surface area contributed by atoms with Gasteiger partial charge in [-0.2, -0.15) is 10.2 Å². The summed E-state index contributed by atoms with van der Waals surface area (Å²) in [6, 6.07) is 17.1. The van der Waals surface area contributed by atoms with Crippen LogP contribution in [0.5, 0.6) is 0 Å². The van der Waals surface area contributed by atoms with Crippen molar-refractivity contribution in [3.8, 4) is 16.9 Å². The monoisotopic (exact) mass is 506 g/mol. The predicted octanol–water partition coefficient (Wildman–Crippen LogP) is 4.59. The Hall–Kier alpha value is -3.75. The number of ether oxygens (including phenoxy) is 2. The summed E-state index contributed by atoms with van der Waals surface area (Å²) in [5.74, 6) is 3.08. The van der Waals surface area contributed by atoms with Crippen molar-refractivity contribution in [1.82, 2.24) is 24.5 Å². The van der Waals surface area contributed by atoms with Gasteiger partial charge in [0.05, 0.1) is 22.9 Å². The van der Waals surface area contributed by atoms with E-state index in [4.69, 9.17) is 19.6 Å². The van der Waals surface area contributed by atoms with Crippen LogP contribution in [0.3, 0.4) is 0 Å². The van der Waals surface area contributed by atoms with Gasteiger partial charge < -0.3 is 14.4 Å². The van der Waals surface area contributed by atoms with Crippen LogP contribution in [-0.2, 0) is 22.9 Å². The molecule has 4 unspecified atom stereocenters. The second-order valence-electron chi connectivity index (χ2n) is 10.9. The standard InChI is InChI=1S/C30H30N6O2/c1-4-17-7-5-9-20-27(19-8-6-10-24-21(19)14-34(2)32-24)33-36(28(17)20)18-11-12-25(31-13-18)35-15-22-23(16-35)26(22)29-30(37-3)38-29/h5-14,22-23,26,29-30H,4,15-16H2,1-3H3. The van der Waals surface area contributed by atoms with Crippen LogP contribution in [0.2, 0.25) is 0 Å². The van der Waals surface area contributed by atoms with E-state index in [1.165, 1.54) is 5.56 Å². The lowest BCUT2D eigenvalue weighted by Crippen LogP contribution is -2.26. The Morgan fingerprint density at radius 3 is 2.58 bits per heavy atom. The number of methoxy groups -OCH3 is 1. The topological polar surface area (TPSA) is 73.5 Å². The average Bonchev–Trinajstić information content (AvgIpc) is 3.66. The third-order valence-corrected chi connectivity index (χ3v) is 8.74. The summed E-state index contributed by atoms with van der Waals surface area (Å²) in [5, 5.41) is 12.1. The fraction of sp³-hybridized carbons (Fsp3) is 0.367. The molecule has 3 aliphatic rings. The smallest absolute Gasteiger partial charge is 0.184 e. The molecule has 1 saturated carbocycles. The van der Waals surface area contributed by atoms with Crippen LogP contribution in [0.15, 0.2) is 60.9 Å². The van der Waals surface area contributed by atoms with Gasteiger partial charge >= 0.3 is 0 Å². The SMILES string of the molecule is CCc1cccc2c(-c3cccc4nn(C)cc34)nn(-c3ccc(N4CC5C(C4)C5C4OC4OC)nc3)c12. The van der Waals surface area contributed by atoms with Gasteiger partial charge in [-0.1, -0.05) is 37.3 Å². The average molecular weight is 507 g/mol. The summed E-state index contributed by atoms with van der Waals surface area (Å²) in [7, 11) is 3.69. The van der Waals surface area contributed by atoms with Gasteiger partial charge in [-0.3, -0.25) is 4.68 Å². The maximum Gasteiger partial charge on any atom is 0.184 e. The minimum atomic E-state index is 0.0170. The lowest BCUT2D eigenvalue weighted by atomic mass is 10.0. The number of hydrogen-bond donors (Lipinski definition) is 0. The van der Waals surface area contributed by atoms with Crippen molar-refractivity contribution in [2.24, 2.45) is 24.8 Å². The molecule has 2 aromatic carbocycles. The summed E-state index contributed by atoms with van der Waals surface area (Å²) >= 11 is 0. The van der Waals surface area contributed by atoms with Crippen molar-refractivity contribution in [2.75, 3.05) is 25.1 Å². The molecule has 1 aliphatic carbocycles. The van der Waals surface area contributed by atoms with Crippen molar-refractivity contribution in [3.05, 3.63) is 66.5 Å². The number of aryl methyl sites for hydroxylation is 2. The van der Waals surface area contributed by atoms with Gasteiger partial charge in [0.15, 0.2) is 6.29 Å². The van der Waals surface area contributed by atoms with E-state index in [0.29, 0.717) is 23.9 Å². The zero-order valence-corrected chi connectivity index (χ0v) is 21.8. The highest BCUT2D eigenvalue weighted by molar-refractivity contribution is 6.03. The van der Waals surface area contributed by atoms with Crippen LogP contribution in [0, 0.1) is 17.8 Å². The van der Waals surface area contributed by atoms with E-state index < -0.39 is 0 Å². The van der Waals surface area contributed by atoms with Crippen LogP contribution in [-0.4, -0.2) is 57.1 Å². The highest BCUT2D eigenvalue weighted by atomic mass is 16.8. The molecule has 0 bridgehead atoms. The van der Waals surface area contributed by atoms with Gasteiger partial charge in [-0.15, -0.1) is 0 Å². The first kappa shape index (κ1) is 22.3. The van der Waals surface area contributed by atoms with Gasteiger partial charge in [0.1, 0.15) is 17.6 Å². The Bertz CT molecular complexity index is 1680. The van der Waals surface area contributed by atoms with Gasteiger partial charge in [0.2, 0.25) is 0 Å². The van der Waals surface area contributed by atoms with Crippen molar-refractivity contribution in [3.63, 3.8) is 0 Å². The van der Waals surface area contributed by atoms with Crippen molar-refractivity contribution < 1.29 is 9.47 Å². The second kappa shape index (κ2) is 8.12. The van der Waals surface area contributed by atoms with Crippen molar-refractivity contribution in [2.45, 2.75) is 25.7 Å². The molecule has 2 saturated heterocycles. The number of aromatic nitrogens is 5. The van der Waals surface area contributed by atoms with Gasteiger partial charge in [-0.05, 0) is 47.9 Å². The lowest BCUT2D eigenvalue weighted by molar-refractivity contribution is 0.0950. The molecular weight excluding hydrogens is 476 g/mol. The number of benzene rings is 2. The summed E-state index contributed by atoms with van der Waals surface area (Å²) < 4.78 is 15.0. The molecule has 0 radical (unpaired) electrons. The minimum Gasteiger partial charge on any atom is -0.356 e. The summed E-state index contributed by atoms with van der Waals surface area (Å²) in [5.41, 5.74) is 6.43. The normalized spacial score (nSPS) is 25.9. The number of rotatable bonds is 6. The van der Waals surface area contributed by atoms with E-state index in [-0.39, 0.29) is 6.29 Å². The predicted molar refractivity (Wildman–Crippen MR) is 146 cm³/mol. The number of para-hydroxylation sites is 1. The Morgan fingerprint density at radius 1 is 1.00 bits per heavy atom. The number of epoxide rings is 1. The summed E-state index contributed by atoms with van der Waals surface area (Å²) in [6.45, 7) is 4.28. The van der Waals surface area contributed by atoms with E-state index >= 15 is 0 Å². The van der Waals surface area contributed by atoms with E-state index in [2.05, 4.69) is 76.3 Å². The fourth-order valence-corrected chi connectivity index (χ4v) is 6.78. The largest absolute Gasteiger partial charge is 0.356 e. The molecule has 8 nitrogen and oxygen atoms in total. The van der Waals surface area contributed by atoms with Gasteiger partial charge in [0.25, 0.3) is 0 Å². The van der Waals surface area contributed by atoms with E-state index in [1.54, 1.807) is 7.11 Å². The molecule has 3 aromatic heterocycles. The Labute approximate surface area is 220 Å². The first-order chi connectivity index (χ1) is 18.6. The van der Waals surface area contributed by atoms with Crippen molar-refractivity contribution in [1.29, 1.82) is 0 Å². The van der Waals surface area contributed by atoms with E-state index in [1.807, 2.05) is 17.9 Å². The number of pyridine rings is 1. The zero-order chi connectivity index (χ0) is 25.5. The molecule has 38 heavy (non-hydrogen) atoms. The Kier molecular flexibility index (Phi) is 4.76. The van der Waals surface area contributed by atoms with Gasteiger partial charge in [-0.25, -0.2) is 9.67 Å². The maximum atomic E-state index is 5.67. The Morgan fingerprint density at radius 2 is 1.84 bits per heavy atom. The third-order valence-electron chi connectivity index (χ3n) is 8.74. The van der Waals surface area contributed by atoms with E-state index in [9.17, 15) is 0 Å². The molecule has 8 rings (SSSR count). The number of fused-ring (bicyclic) bond motifs is 3. The summed E-state index contributed by atoms with van der Waals surface area (Å²) in [6.07, 6.45) is 5.29. The van der Waals surface area contributed by atoms with Crippen LogP contribution in [0.25, 0.3) is 38.8 Å². The highest BCUT2D eigenvalue weighted by Gasteiger charge is 2.65. The third kappa shape index (κ3) is 3.26. The highest BCUT2D eigenvalue weighted by Crippen LogP contribution is 2.59. The molecule has 5 aromatic rings. The fourth-order valence-electron chi connectivity index (χ4n) is 6.78. The summed E-state index contributed by atoms with van der Waals surface area (Å²) in [4.78, 5) is 7.31. The molecule has 5 heterocycles. The number of hydrogen-bond acceptors (Lipinski definition) is 6. The molecule has 8 heteroatoms. The molecular formula is C30H30N6O2. The zero-order valence-electron chi connectivity index (χ0n) is 21.8. The molecule has 0 amide bonds. The molecule has 3 fully saturated rings. The van der Waals surface area contributed by atoms with Crippen LogP contribution >= 0.6 is 0 Å². The van der Waals surface area contributed by atoms with E-state index in [0.717, 1.165) is 64.1 Å². The minimum absolute atomic E-state index is 0.0170. The lowest BCUT2D eigenvalue weighted by Gasteiger charge is -2.20. The van der Waals surface area contributed by atoms with Crippen LogP contribution < -0.4 is 4.90 Å². The Balaban J connectivity index is 1.14. The van der Waals surface area contributed by atoms with Gasteiger partial charge in [0, 0.05) is 49.8 Å².